The molecule has 4 heteroatoms. The molecule has 1 aromatic rings. The van der Waals surface area contributed by atoms with Gasteiger partial charge in [0, 0.05) is 23.6 Å². The van der Waals surface area contributed by atoms with E-state index < -0.39 is 0 Å². The molecule has 0 radical (unpaired) electrons. The summed E-state index contributed by atoms with van der Waals surface area (Å²) >= 11 is 3.49. The molecule has 0 aromatic heterocycles. The summed E-state index contributed by atoms with van der Waals surface area (Å²) in [6.45, 7) is 1.70. The number of carbonyl (C=O) groups is 1. The molecule has 3 nitrogen and oxygen atoms in total. The molecule has 1 aromatic carbocycles. The van der Waals surface area contributed by atoms with Crippen molar-refractivity contribution in [2.75, 3.05) is 20.1 Å². The summed E-state index contributed by atoms with van der Waals surface area (Å²) in [6.07, 6.45) is 4.56. The highest BCUT2D eigenvalue weighted by Gasteiger charge is 2.51. The third kappa shape index (κ3) is 2.91. The summed E-state index contributed by atoms with van der Waals surface area (Å²) in [5.74, 6) is 0.194. The second-order valence-electron chi connectivity index (χ2n) is 6.06. The Morgan fingerprint density at radius 1 is 1.45 bits per heavy atom. The number of nitrogens with one attached hydrogen (secondary N) is 1. The van der Waals surface area contributed by atoms with Crippen molar-refractivity contribution in [2.45, 2.75) is 37.1 Å². The van der Waals surface area contributed by atoms with Gasteiger partial charge in [0.05, 0.1) is 5.41 Å². The lowest BCUT2D eigenvalue weighted by Gasteiger charge is -2.19. The monoisotopic (exact) mass is 336 g/mol. The summed E-state index contributed by atoms with van der Waals surface area (Å²) < 4.78 is 1.04. The predicted molar refractivity (Wildman–Crippen MR) is 83.7 cm³/mol. The van der Waals surface area contributed by atoms with E-state index >= 15 is 0 Å². The molecule has 0 bridgehead atoms. The number of carbonyl (C=O) groups excluding carboxylic acids is 1. The number of hydrogen-bond donors (Lipinski definition) is 1. The lowest BCUT2D eigenvalue weighted by molar-refractivity contribution is -0.123. The molecule has 0 spiro atoms. The fourth-order valence-electron chi connectivity index (χ4n) is 2.77. The number of likely N-dealkylation sites (N-methyl/N-ethyl adjacent to an activating group) is 1. The highest BCUT2D eigenvalue weighted by Crippen LogP contribution is 2.48. The topological polar surface area (TPSA) is 32.3 Å². The van der Waals surface area contributed by atoms with E-state index in [0.29, 0.717) is 0 Å². The van der Waals surface area contributed by atoms with Crippen LogP contribution in [0.5, 0.6) is 0 Å². The van der Waals surface area contributed by atoms with Crippen molar-refractivity contribution in [3.05, 3.63) is 34.3 Å². The normalized spacial score (nSPS) is 19.9. The van der Waals surface area contributed by atoms with Gasteiger partial charge in [-0.3, -0.25) is 4.79 Å². The van der Waals surface area contributed by atoms with E-state index in [1.807, 2.05) is 12.1 Å². The number of amides is 1. The molecule has 0 aliphatic heterocycles. The van der Waals surface area contributed by atoms with Gasteiger partial charge in [-0.15, -0.1) is 0 Å². The van der Waals surface area contributed by atoms with Gasteiger partial charge in [-0.2, -0.15) is 0 Å². The second-order valence-corrected chi connectivity index (χ2v) is 6.98. The quantitative estimate of drug-likeness (QED) is 0.866. The molecular weight excluding hydrogens is 316 g/mol. The average molecular weight is 337 g/mol. The lowest BCUT2D eigenvalue weighted by atomic mass is 9.95. The molecule has 108 valence electrons. The Labute approximate surface area is 128 Å². The van der Waals surface area contributed by atoms with Gasteiger partial charge < -0.3 is 10.2 Å². The Kier molecular flexibility index (Phi) is 3.87. The predicted octanol–water partition coefficient (Wildman–Crippen LogP) is 2.69. The minimum absolute atomic E-state index is 0.194. The van der Waals surface area contributed by atoms with E-state index in [-0.39, 0.29) is 11.3 Å². The van der Waals surface area contributed by atoms with Gasteiger partial charge in [-0.1, -0.05) is 28.1 Å². The Bertz CT molecular complexity index is 509. The minimum Gasteiger partial charge on any atom is -0.354 e. The molecule has 2 aliphatic rings. The molecule has 1 N–H and O–H groups in total. The van der Waals surface area contributed by atoms with Crippen LogP contribution in [-0.4, -0.2) is 37.0 Å². The fourth-order valence-corrected chi connectivity index (χ4v) is 3.17. The summed E-state index contributed by atoms with van der Waals surface area (Å²) in [7, 11) is 2.14. The van der Waals surface area contributed by atoms with Gasteiger partial charge in [0.15, 0.2) is 0 Å². The van der Waals surface area contributed by atoms with Gasteiger partial charge in [0.2, 0.25) is 5.91 Å². The zero-order chi connectivity index (χ0) is 14.2. The van der Waals surface area contributed by atoms with Gasteiger partial charge in [0.25, 0.3) is 0 Å². The fraction of sp³-hybridized carbons (Fsp3) is 0.562. The lowest BCUT2D eigenvalue weighted by Crippen LogP contribution is -2.39. The molecule has 0 atom stereocenters. The van der Waals surface area contributed by atoms with Crippen LogP contribution >= 0.6 is 15.9 Å². The van der Waals surface area contributed by atoms with Crippen LogP contribution in [0.3, 0.4) is 0 Å². The summed E-state index contributed by atoms with van der Waals surface area (Å²) in [4.78, 5) is 14.8. The zero-order valence-corrected chi connectivity index (χ0v) is 13.4. The van der Waals surface area contributed by atoms with Crippen LogP contribution in [-0.2, 0) is 10.2 Å². The summed E-state index contributed by atoms with van der Waals surface area (Å²) in [6, 6.07) is 8.90. The first-order chi connectivity index (χ1) is 9.62. The zero-order valence-electron chi connectivity index (χ0n) is 11.9. The van der Waals surface area contributed by atoms with Crippen LogP contribution in [0.15, 0.2) is 28.7 Å². The molecule has 3 rings (SSSR count). The molecule has 0 unspecified atom stereocenters. The van der Waals surface area contributed by atoms with E-state index in [1.165, 1.54) is 12.8 Å². The Morgan fingerprint density at radius 2 is 2.20 bits per heavy atom. The average Bonchev–Trinajstić information content (AvgIpc) is 3.29. The highest BCUT2D eigenvalue weighted by atomic mass is 79.9. The van der Waals surface area contributed by atoms with Crippen LogP contribution in [0.4, 0.5) is 0 Å². The maximum Gasteiger partial charge on any atom is 0.230 e. The standard InChI is InChI=1S/C16H21BrN2O/c1-19(14-5-6-14)10-9-18-15(20)16(7-8-16)12-3-2-4-13(17)11-12/h2-4,11,14H,5-10H2,1H3,(H,18,20). The third-order valence-corrected chi connectivity index (χ3v) is 4.98. The first-order valence-electron chi connectivity index (χ1n) is 7.36. The molecule has 2 aliphatic carbocycles. The molecule has 0 heterocycles. The van der Waals surface area contributed by atoms with Crippen molar-refractivity contribution in [3.63, 3.8) is 0 Å². The Balaban J connectivity index is 1.56. The first-order valence-corrected chi connectivity index (χ1v) is 8.16. The number of hydrogen-bond acceptors (Lipinski definition) is 2. The van der Waals surface area contributed by atoms with E-state index in [9.17, 15) is 4.79 Å². The van der Waals surface area contributed by atoms with Crippen LogP contribution < -0.4 is 5.32 Å². The van der Waals surface area contributed by atoms with Crippen molar-refractivity contribution >= 4 is 21.8 Å². The summed E-state index contributed by atoms with van der Waals surface area (Å²) in [5.41, 5.74) is 0.877. The van der Waals surface area contributed by atoms with E-state index in [4.69, 9.17) is 0 Å². The van der Waals surface area contributed by atoms with E-state index in [2.05, 4.69) is 45.3 Å². The van der Waals surface area contributed by atoms with Crippen LogP contribution in [0, 0.1) is 0 Å². The molecular formula is C16H21BrN2O. The van der Waals surface area contributed by atoms with Gasteiger partial charge in [-0.05, 0) is 50.4 Å². The smallest absolute Gasteiger partial charge is 0.230 e. The van der Waals surface area contributed by atoms with Crippen molar-refractivity contribution in [1.82, 2.24) is 10.2 Å². The maximum absolute atomic E-state index is 12.5. The van der Waals surface area contributed by atoms with Crippen molar-refractivity contribution in [2.24, 2.45) is 0 Å². The molecule has 2 fully saturated rings. The molecule has 1 amide bonds. The largest absolute Gasteiger partial charge is 0.354 e. The van der Waals surface area contributed by atoms with Crippen LogP contribution in [0.1, 0.15) is 31.2 Å². The number of nitrogens with zero attached hydrogens (tertiary/aromatic N) is 1. The first kappa shape index (κ1) is 14.1. The SMILES string of the molecule is CN(CCNC(=O)C1(c2cccc(Br)c2)CC1)C1CC1. The van der Waals surface area contributed by atoms with Crippen molar-refractivity contribution < 1.29 is 4.79 Å². The van der Waals surface area contributed by atoms with Crippen LogP contribution in [0.25, 0.3) is 0 Å². The number of benzene rings is 1. The van der Waals surface area contributed by atoms with Crippen molar-refractivity contribution in [3.8, 4) is 0 Å². The van der Waals surface area contributed by atoms with Gasteiger partial charge in [-0.25, -0.2) is 0 Å². The minimum atomic E-state index is -0.262. The van der Waals surface area contributed by atoms with Gasteiger partial charge >= 0.3 is 0 Å². The Morgan fingerprint density at radius 3 is 2.80 bits per heavy atom. The maximum atomic E-state index is 12.5. The van der Waals surface area contributed by atoms with E-state index in [0.717, 1.165) is 42.0 Å². The number of halogens is 1. The van der Waals surface area contributed by atoms with Crippen LogP contribution in [0.2, 0.25) is 0 Å². The molecule has 0 saturated heterocycles. The highest BCUT2D eigenvalue weighted by molar-refractivity contribution is 9.10. The van der Waals surface area contributed by atoms with Gasteiger partial charge in [0.1, 0.15) is 0 Å². The van der Waals surface area contributed by atoms with Crippen molar-refractivity contribution in [1.29, 1.82) is 0 Å². The molecule has 2 saturated carbocycles. The molecule has 20 heavy (non-hydrogen) atoms. The Hall–Kier alpha value is -0.870. The number of rotatable bonds is 6. The second kappa shape index (κ2) is 5.49. The van der Waals surface area contributed by atoms with E-state index in [1.54, 1.807) is 0 Å². The summed E-state index contributed by atoms with van der Waals surface area (Å²) in [5, 5.41) is 3.12. The third-order valence-electron chi connectivity index (χ3n) is 4.48.